The molecule has 0 saturated carbocycles. The highest BCUT2D eigenvalue weighted by atomic mass is 35.5. The zero-order valence-corrected chi connectivity index (χ0v) is 9.37. The lowest BCUT2D eigenvalue weighted by Gasteiger charge is -2.08. The van der Waals surface area contributed by atoms with Crippen LogP contribution in [0.15, 0.2) is 36.5 Å². The number of nitriles is 1. The Hall–Kier alpha value is -2.12. The van der Waals surface area contributed by atoms with Gasteiger partial charge in [-0.05, 0) is 30.3 Å². The number of nitrogens with one attached hydrogen (secondary N) is 1. The molecule has 0 spiro atoms. The molecule has 0 aliphatic carbocycles. The smallest absolute Gasteiger partial charge is 0.163 e. The summed E-state index contributed by atoms with van der Waals surface area (Å²) < 4.78 is 13.1. The van der Waals surface area contributed by atoms with Crippen molar-refractivity contribution >= 4 is 23.0 Å². The Balaban J connectivity index is 2.38. The van der Waals surface area contributed by atoms with Crippen molar-refractivity contribution in [3.63, 3.8) is 0 Å². The Morgan fingerprint density at radius 3 is 2.88 bits per heavy atom. The molecule has 2 aromatic rings. The van der Waals surface area contributed by atoms with E-state index in [0.29, 0.717) is 16.4 Å². The van der Waals surface area contributed by atoms with Gasteiger partial charge in [-0.1, -0.05) is 11.6 Å². The minimum atomic E-state index is -0.403. The van der Waals surface area contributed by atoms with Gasteiger partial charge in [0.25, 0.3) is 0 Å². The van der Waals surface area contributed by atoms with Gasteiger partial charge in [0, 0.05) is 6.20 Å². The van der Waals surface area contributed by atoms with Gasteiger partial charge in [0.1, 0.15) is 11.9 Å². The molecule has 17 heavy (non-hydrogen) atoms. The molecule has 3 nitrogen and oxygen atoms in total. The van der Waals surface area contributed by atoms with Crippen molar-refractivity contribution in [3.8, 4) is 6.07 Å². The van der Waals surface area contributed by atoms with Gasteiger partial charge in [0.15, 0.2) is 5.69 Å². The summed E-state index contributed by atoms with van der Waals surface area (Å²) in [6, 6.07) is 9.26. The van der Waals surface area contributed by atoms with E-state index in [0.717, 1.165) is 0 Å². The third-order valence-corrected chi connectivity index (χ3v) is 2.44. The van der Waals surface area contributed by atoms with Crippen LogP contribution >= 0.6 is 11.6 Å². The van der Waals surface area contributed by atoms with Crippen LogP contribution in [0.4, 0.5) is 15.8 Å². The normalized spacial score (nSPS) is 9.71. The highest BCUT2D eigenvalue weighted by molar-refractivity contribution is 6.33. The van der Waals surface area contributed by atoms with Crippen LogP contribution in [-0.2, 0) is 0 Å². The average molecular weight is 248 g/mol. The standard InChI is InChI=1S/C12H7ClFN3/c13-9-4-3-8(14)6-11(9)17-10-2-1-5-16-12(10)7-15/h1-6,17H. The number of aromatic nitrogens is 1. The minimum Gasteiger partial charge on any atom is -0.352 e. The van der Waals surface area contributed by atoms with Crippen molar-refractivity contribution in [2.24, 2.45) is 0 Å². The lowest BCUT2D eigenvalue weighted by molar-refractivity contribution is 0.628. The summed E-state index contributed by atoms with van der Waals surface area (Å²) in [5.74, 6) is -0.403. The monoisotopic (exact) mass is 247 g/mol. The molecule has 1 aromatic carbocycles. The predicted octanol–water partition coefficient (Wildman–Crippen LogP) is 3.49. The quantitative estimate of drug-likeness (QED) is 0.884. The Morgan fingerprint density at radius 1 is 1.29 bits per heavy atom. The lowest BCUT2D eigenvalue weighted by atomic mass is 10.2. The first-order chi connectivity index (χ1) is 8.20. The first kappa shape index (κ1) is 11.4. The van der Waals surface area contributed by atoms with Crippen molar-refractivity contribution in [3.05, 3.63) is 53.1 Å². The van der Waals surface area contributed by atoms with Crippen LogP contribution in [0.5, 0.6) is 0 Å². The fourth-order valence-electron chi connectivity index (χ4n) is 1.33. The Labute approximate surface area is 102 Å². The summed E-state index contributed by atoms with van der Waals surface area (Å²) in [5.41, 5.74) is 1.12. The number of nitrogens with zero attached hydrogens (tertiary/aromatic N) is 2. The van der Waals surface area contributed by atoms with Crippen LogP contribution in [0.3, 0.4) is 0 Å². The van der Waals surface area contributed by atoms with E-state index in [2.05, 4.69) is 10.3 Å². The van der Waals surface area contributed by atoms with Gasteiger partial charge in [0.05, 0.1) is 16.4 Å². The Bertz CT molecular complexity index is 593. The van der Waals surface area contributed by atoms with Crippen LogP contribution in [0.2, 0.25) is 5.02 Å². The second-order valence-electron chi connectivity index (χ2n) is 3.26. The molecule has 84 valence electrons. The molecule has 0 radical (unpaired) electrons. The molecule has 0 unspecified atom stereocenters. The summed E-state index contributed by atoms with van der Waals surface area (Å²) in [4.78, 5) is 3.88. The van der Waals surface area contributed by atoms with Crippen LogP contribution < -0.4 is 5.32 Å². The van der Waals surface area contributed by atoms with Gasteiger partial charge >= 0.3 is 0 Å². The minimum absolute atomic E-state index is 0.229. The van der Waals surface area contributed by atoms with E-state index in [9.17, 15) is 4.39 Å². The van der Waals surface area contributed by atoms with Gasteiger partial charge in [-0.25, -0.2) is 9.37 Å². The number of anilines is 2. The van der Waals surface area contributed by atoms with Crippen molar-refractivity contribution in [1.82, 2.24) is 4.98 Å². The lowest BCUT2D eigenvalue weighted by Crippen LogP contribution is -1.96. The molecule has 1 heterocycles. The summed E-state index contributed by atoms with van der Waals surface area (Å²) in [7, 11) is 0. The average Bonchev–Trinajstić information content (AvgIpc) is 2.34. The fourth-order valence-corrected chi connectivity index (χ4v) is 1.50. The topological polar surface area (TPSA) is 48.7 Å². The van der Waals surface area contributed by atoms with E-state index in [1.807, 2.05) is 6.07 Å². The number of pyridine rings is 1. The van der Waals surface area contributed by atoms with E-state index in [1.165, 1.54) is 24.4 Å². The van der Waals surface area contributed by atoms with Gasteiger partial charge in [-0.2, -0.15) is 5.26 Å². The Kier molecular flexibility index (Phi) is 3.22. The zero-order chi connectivity index (χ0) is 12.3. The second-order valence-corrected chi connectivity index (χ2v) is 3.67. The number of rotatable bonds is 2. The maximum Gasteiger partial charge on any atom is 0.163 e. The number of hydrogen-bond acceptors (Lipinski definition) is 3. The molecule has 0 aliphatic rings. The molecule has 5 heteroatoms. The summed E-state index contributed by atoms with van der Waals surface area (Å²) in [6.45, 7) is 0. The SMILES string of the molecule is N#Cc1ncccc1Nc1cc(F)ccc1Cl. The molecule has 0 aliphatic heterocycles. The van der Waals surface area contributed by atoms with Crippen molar-refractivity contribution < 1.29 is 4.39 Å². The fraction of sp³-hybridized carbons (Fsp3) is 0. The summed E-state index contributed by atoms with van der Waals surface area (Å²) in [6.07, 6.45) is 1.51. The third kappa shape index (κ3) is 2.52. The second kappa shape index (κ2) is 4.81. The van der Waals surface area contributed by atoms with Crippen molar-refractivity contribution in [2.75, 3.05) is 5.32 Å². The third-order valence-electron chi connectivity index (χ3n) is 2.11. The summed E-state index contributed by atoms with van der Waals surface area (Å²) in [5, 5.41) is 12.1. The van der Waals surface area contributed by atoms with Crippen molar-refractivity contribution in [2.45, 2.75) is 0 Å². The number of hydrogen-bond donors (Lipinski definition) is 1. The summed E-state index contributed by atoms with van der Waals surface area (Å²) >= 11 is 5.91. The highest BCUT2D eigenvalue weighted by Gasteiger charge is 2.06. The number of halogens is 2. The largest absolute Gasteiger partial charge is 0.352 e. The first-order valence-electron chi connectivity index (χ1n) is 4.78. The Morgan fingerprint density at radius 2 is 2.12 bits per heavy atom. The predicted molar refractivity (Wildman–Crippen MR) is 63.6 cm³/mol. The van der Waals surface area contributed by atoms with Gasteiger partial charge < -0.3 is 5.32 Å². The first-order valence-corrected chi connectivity index (χ1v) is 5.15. The van der Waals surface area contributed by atoms with Gasteiger partial charge in [-0.15, -0.1) is 0 Å². The van der Waals surface area contributed by atoms with E-state index in [4.69, 9.17) is 16.9 Å². The molecule has 0 saturated heterocycles. The number of benzene rings is 1. The van der Waals surface area contributed by atoms with E-state index < -0.39 is 5.82 Å². The van der Waals surface area contributed by atoms with Crippen LogP contribution in [0, 0.1) is 17.1 Å². The molecule has 1 aromatic heterocycles. The van der Waals surface area contributed by atoms with Crippen LogP contribution in [0.1, 0.15) is 5.69 Å². The maximum atomic E-state index is 13.1. The zero-order valence-electron chi connectivity index (χ0n) is 8.61. The van der Waals surface area contributed by atoms with E-state index in [-0.39, 0.29) is 5.69 Å². The molecule has 0 atom stereocenters. The molecule has 0 fully saturated rings. The van der Waals surface area contributed by atoms with Gasteiger partial charge in [0.2, 0.25) is 0 Å². The molecular weight excluding hydrogens is 241 g/mol. The van der Waals surface area contributed by atoms with Gasteiger partial charge in [-0.3, -0.25) is 0 Å². The van der Waals surface area contributed by atoms with Crippen LogP contribution in [-0.4, -0.2) is 4.98 Å². The highest BCUT2D eigenvalue weighted by Crippen LogP contribution is 2.26. The molecular formula is C12H7ClFN3. The molecule has 1 N–H and O–H groups in total. The molecule has 0 bridgehead atoms. The van der Waals surface area contributed by atoms with Crippen molar-refractivity contribution in [1.29, 1.82) is 5.26 Å². The molecule has 0 amide bonds. The maximum absolute atomic E-state index is 13.1. The van der Waals surface area contributed by atoms with E-state index in [1.54, 1.807) is 12.1 Å². The van der Waals surface area contributed by atoms with Crippen LogP contribution in [0.25, 0.3) is 0 Å². The molecule has 2 rings (SSSR count). The van der Waals surface area contributed by atoms with E-state index >= 15 is 0 Å².